The lowest BCUT2D eigenvalue weighted by Crippen LogP contribution is -2.30. The molecule has 0 aliphatic rings. The zero-order valence-corrected chi connectivity index (χ0v) is 12.3. The van der Waals surface area contributed by atoms with E-state index in [1.165, 1.54) is 0 Å². The number of amides is 1. The maximum Gasteiger partial charge on any atom is 0.277 e. The van der Waals surface area contributed by atoms with Crippen LogP contribution in [0.3, 0.4) is 0 Å². The number of non-ortho nitro benzene ring substituents is 2. The lowest BCUT2D eigenvalue weighted by Gasteiger charge is -2.16. The summed E-state index contributed by atoms with van der Waals surface area (Å²) in [6.45, 7) is -0.396. The van der Waals surface area contributed by atoms with Crippen molar-refractivity contribution in [3.8, 4) is 0 Å². The smallest absolute Gasteiger partial charge is 0.277 e. The van der Waals surface area contributed by atoms with Crippen LogP contribution in [0.4, 0.5) is 11.4 Å². The van der Waals surface area contributed by atoms with Crippen molar-refractivity contribution in [2.24, 2.45) is 0 Å². The molecule has 0 aliphatic carbocycles. The zero-order valence-electron chi connectivity index (χ0n) is 12.3. The Bertz CT molecular complexity index is 746. The number of nitrogens with one attached hydrogen (secondary N) is 1. The quantitative estimate of drug-likeness (QED) is 0.613. The van der Waals surface area contributed by atoms with Crippen molar-refractivity contribution in [3.63, 3.8) is 0 Å². The van der Waals surface area contributed by atoms with E-state index in [9.17, 15) is 30.1 Å². The summed E-state index contributed by atoms with van der Waals surface area (Å²) in [5.74, 6) is -0.760. The van der Waals surface area contributed by atoms with Crippen molar-refractivity contribution < 1.29 is 19.7 Å². The topological polar surface area (TPSA) is 136 Å². The molecule has 1 atom stereocenters. The maximum absolute atomic E-state index is 12.3. The van der Waals surface area contributed by atoms with Crippen molar-refractivity contribution in [1.29, 1.82) is 0 Å². The first-order valence-electron chi connectivity index (χ1n) is 6.83. The SMILES string of the molecule is O=C(NC(CO)c1ccccc1)c1cc([N+](=O)[O-])cc([N+](=O)[O-])c1. The summed E-state index contributed by atoms with van der Waals surface area (Å²) in [5.41, 5.74) is -0.720. The Morgan fingerprint density at radius 1 is 1.04 bits per heavy atom. The Labute approximate surface area is 135 Å². The van der Waals surface area contributed by atoms with Crippen LogP contribution in [0.25, 0.3) is 0 Å². The number of hydrogen-bond acceptors (Lipinski definition) is 6. The Hall–Kier alpha value is -3.33. The van der Waals surface area contributed by atoms with Gasteiger partial charge in [0.15, 0.2) is 0 Å². The highest BCUT2D eigenvalue weighted by Gasteiger charge is 2.21. The summed E-state index contributed by atoms with van der Waals surface area (Å²) in [5, 5.41) is 33.7. The van der Waals surface area contributed by atoms with Crippen molar-refractivity contribution in [3.05, 3.63) is 79.9 Å². The predicted octanol–water partition coefficient (Wildman–Crippen LogP) is 1.97. The van der Waals surface area contributed by atoms with Crippen molar-refractivity contribution >= 4 is 17.3 Å². The molecule has 0 aromatic heterocycles. The number of benzene rings is 2. The monoisotopic (exact) mass is 331 g/mol. The van der Waals surface area contributed by atoms with E-state index in [-0.39, 0.29) is 5.56 Å². The van der Waals surface area contributed by atoms with Gasteiger partial charge < -0.3 is 10.4 Å². The summed E-state index contributed by atoms with van der Waals surface area (Å²) in [7, 11) is 0. The van der Waals surface area contributed by atoms with Crippen LogP contribution < -0.4 is 5.32 Å². The summed E-state index contributed by atoms with van der Waals surface area (Å²) < 4.78 is 0. The highest BCUT2D eigenvalue weighted by atomic mass is 16.6. The van der Waals surface area contributed by atoms with E-state index in [0.29, 0.717) is 5.56 Å². The third-order valence-corrected chi connectivity index (χ3v) is 3.28. The van der Waals surface area contributed by atoms with Crippen molar-refractivity contribution in [1.82, 2.24) is 5.32 Å². The maximum atomic E-state index is 12.3. The summed E-state index contributed by atoms with van der Waals surface area (Å²) in [6, 6.07) is 10.5. The molecule has 0 radical (unpaired) electrons. The molecule has 2 rings (SSSR count). The first-order chi connectivity index (χ1) is 11.4. The van der Waals surface area contributed by atoms with E-state index < -0.39 is 39.8 Å². The first-order valence-corrected chi connectivity index (χ1v) is 6.83. The second kappa shape index (κ2) is 7.29. The van der Waals surface area contributed by atoms with Gasteiger partial charge in [0.2, 0.25) is 0 Å². The van der Waals surface area contributed by atoms with E-state index in [0.717, 1.165) is 18.2 Å². The fourth-order valence-electron chi connectivity index (χ4n) is 2.10. The second-order valence-electron chi connectivity index (χ2n) is 4.87. The third kappa shape index (κ3) is 3.90. The minimum atomic E-state index is -0.815. The minimum Gasteiger partial charge on any atom is -0.394 e. The van der Waals surface area contributed by atoms with Crippen LogP contribution in [0.5, 0.6) is 0 Å². The van der Waals surface area contributed by atoms with E-state index in [1.54, 1.807) is 30.3 Å². The van der Waals surface area contributed by atoms with Gasteiger partial charge in [-0.2, -0.15) is 0 Å². The van der Waals surface area contributed by atoms with Crippen LogP contribution >= 0.6 is 0 Å². The van der Waals surface area contributed by atoms with Crippen molar-refractivity contribution in [2.45, 2.75) is 6.04 Å². The number of nitro groups is 2. The molecule has 0 fully saturated rings. The fourth-order valence-corrected chi connectivity index (χ4v) is 2.10. The van der Waals surface area contributed by atoms with Gasteiger partial charge in [0.05, 0.1) is 34.1 Å². The molecule has 0 spiro atoms. The summed E-state index contributed by atoms with van der Waals surface area (Å²) in [6.07, 6.45) is 0. The fraction of sp³-hybridized carbons (Fsp3) is 0.133. The molecule has 0 heterocycles. The van der Waals surface area contributed by atoms with Gasteiger partial charge in [0.25, 0.3) is 17.3 Å². The second-order valence-corrected chi connectivity index (χ2v) is 4.87. The first kappa shape index (κ1) is 17.0. The molecule has 2 aromatic carbocycles. The van der Waals surface area contributed by atoms with Gasteiger partial charge in [-0.1, -0.05) is 30.3 Å². The van der Waals surface area contributed by atoms with Crippen molar-refractivity contribution in [2.75, 3.05) is 6.61 Å². The lowest BCUT2D eigenvalue weighted by atomic mass is 10.1. The highest BCUT2D eigenvalue weighted by molar-refractivity contribution is 5.95. The largest absolute Gasteiger partial charge is 0.394 e. The van der Waals surface area contributed by atoms with E-state index >= 15 is 0 Å². The molecular weight excluding hydrogens is 318 g/mol. The standard InChI is InChI=1S/C15H13N3O6/c19-9-14(10-4-2-1-3-5-10)16-15(20)11-6-12(17(21)22)8-13(7-11)18(23)24/h1-8,14,19H,9H2,(H,16,20). The van der Waals surface area contributed by atoms with Gasteiger partial charge in [0.1, 0.15) is 0 Å². The van der Waals surface area contributed by atoms with Gasteiger partial charge >= 0.3 is 0 Å². The summed E-state index contributed by atoms with van der Waals surface area (Å²) in [4.78, 5) is 32.4. The van der Waals surface area contributed by atoms with E-state index in [2.05, 4.69) is 5.32 Å². The number of carbonyl (C=O) groups is 1. The van der Waals surface area contributed by atoms with Crippen LogP contribution in [-0.2, 0) is 0 Å². The molecule has 0 saturated heterocycles. The number of nitro benzene ring substituents is 2. The molecule has 9 heteroatoms. The molecule has 0 aliphatic heterocycles. The van der Waals surface area contributed by atoms with Gasteiger partial charge in [-0.3, -0.25) is 25.0 Å². The Kier molecular flexibility index (Phi) is 5.17. The van der Waals surface area contributed by atoms with E-state index in [1.807, 2.05) is 0 Å². The van der Waals surface area contributed by atoms with Crippen LogP contribution in [0.2, 0.25) is 0 Å². The highest BCUT2D eigenvalue weighted by Crippen LogP contribution is 2.23. The van der Waals surface area contributed by atoms with E-state index in [4.69, 9.17) is 0 Å². The third-order valence-electron chi connectivity index (χ3n) is 3.28. The molecular formula is C15H13N3O6. The normalized spacial score (nSPS) is 11.5. The van der Waals surface area contributed by atoms with Gasteiger partial charge in [-0.05, 0) is 5.56 Å². The predicted molar refractivity (Wildman–Crippen MR) is 83.5 cm³/mol. The Morgan fingerprint density at radius 2 is 1.58 bits per heavy atom. The Balaban J connectivity index is 2.31. The molecule has 1 unspecified atom stereocenters. The molecule has 1 amide bonds. The van der Waals surface area contributed by atoms with Crippen LogP contribution in [0.1, 0.15) is 22.0 Å². The summed E-state index contributed by atoms with van der Waals surface area (Å²) >= 11 is 0. The molecule has 2 N–H and O–H groups in total. The number of aliphatic hydroxyl groups excluding tert-OH is 1. The van der Waals surface area contributed by atoms with Crippen LogP contribution in [0.15, 0.2) is 48.5 Å². The number of carbonyl (C=O) groups excluding carboxylic acids is 1. The number of aliphatic hydroxyl groups is 1. The molecule has 0 saturated carbocycles. The average Bonchev–Trinajstić information content (AvgIpc) is 2.59. The molecule has 2 aromatic rings. The molecule has 24 heavy (non-hydrogen) atoms. The lowest BCUT2D eigenvalue weighted by molar-refractivity contribution is -0.394. The van der Waals surface area contributed by atoms with Crippen LogP contribution in [-0.4, -0.2) is 27.5 Å². The molecule has 0 bridgehead atoms. The average molecular weight is 331 g/mol. The molecule has 124 valence electrons. The minimum absolute atomic E-state index is 0.231. The number of rotatable bonds is 6. The van der Waals surface area contributed by atoms with Gasteiger partial charge in [-0.15, -0.1) is 0 Å². The molecule has 9 nitrogen and oxygen atoms in total. The number of nitrogens with zero attached hydrogens (tertiary/aromatic N) is 2. The Morgan fingerprint density at radius 3 is 2.04 bits per heavy atom. The van der Waals surface area contributed by atoms with Crippen LogP contribution in [0, 0.1) is 20.2 Å². The number of hydrogen-bond donors (Lipinski definition) is 2. The zero-order chi connectivity index (χ0) is 17.7. The van der Waals surface area contributed by atoms with Gasteiger partial charge in [-0.25, -0.2) is 0 Å². The van der Waals surface area contributed by atoms with Gasteiger partial charge in [0, 0.05) is 12.1 Å².